The average Bonchev–Trinajstić information content (AvgIpc) is 3.14. The first-order valence-corrected chi connectivity index (χ1v) is 8.91. The summed E-state index contributed by atoms with van der Waals surface area (Å²) in [4.78, 5) is 16.3. The number of rotatable bonds is 7. The van der Waals surface area contributed by atoms with Gasteiger partial charge in [-0.05, 0) is 62.2 Å². The van der Waals surface area contributed by atoms with Crippen molar-refractivity contribution >= 4 is 48.0 Å². The second-order valence-electron chi connectivity index (χ2n) is 6.20. The van der Waals surface area contributed by atoms with E-state index in [0.717, 1.165) is 31.6 Å². The quantitative estimate of drug-likeness (QED) is 0.677. The Labute approximate surface area is 177 Å². The molecule has 1 unspecified atom stereocenters. The van der Waals surface area contributed by atoms with Crippen LogP contribution < -0.4 is 15.4 Å². The lowest BCUT2D eigenvalue weighted by molar-refractivity contribution is -0.116. The van der Waals surface area contributed by atoms with Crippen LogP contribution in [-0.2, 0) is 11.4 Å². The highest BCUT2D eigenvalue weighted by Gasteiger charge is 2.16. The third kappa shape index (κ3) is 7.54. The highest BCUT2D eigenvalue weighted by molar-refractivity contribution is 6.32. The molecule has 2 heterocycles. The highest BCUT2D eigenvalue weighted by atomic mass is 35.5. The lowest BCUT2D eigenvalue weighted by atomic mass is 10.0. The zero-order valence-electron chi connectivity index (χ0n) is 14.8. The molecule has 1 fully saturated rings. The van der Waals surface area contributed by atoms with Crippen molar-refractivity contribution in [1.82, 2.24) is 10.3 Å². The average molecular weight is 433 g/mol. The standard InChI is InChI=1S/C19H22ClN3O2.2ClH/c20-17-11-15(23-19(24)7-4-14-8-10-21-12-14)5-6-18(17)25-13-16-3-1-2-9-22-16;;/h1-3,5-6,9,11,14,21H,4,7-8,10,12-13H2,(H,23,24);2*1H. The number of ether oxygens (including phenoxy) is 1. The molecule has 1 atom stereocenters. The van der Waals surface area contributed by atoms with Crippen LogP contribution in [0.15, 0.2) is 42.6 Å². The molecule has 8 heteroatoms. The Bertz CT molecular complexity index is 711. The van der Waals surface area contributed by atoms with Gasteiger partial charge in [0.2, 0.25) is 5.91 Å². The Balaban J connectivity index is 0.00000182. The first-order chi connectivity index (χ1) is 12.2. The summed E-state index contributed by atoms with van der Waals surface area (Å²) in [5.41, 5.74) is 1.52. The second-order valence-corrected chi connectivity index (χ2v) is 6.61. The van der Waals surface area contributed by atoms with Crippen molar-refractivity contribution in [3.8, 4) is 5.75 Å². The van der Waals surface area contributed by atoms with E-state index in [1.165, 1.54) is 0 Å². The van der Waals surface area contributed by atoms with Crippen LogP contribution in [0.5, 0.6) is 5.75 Å². The zero-order chi connectivity index (χ0) is 17.5. The van der Waals surface area contributed by atoms with Gasteiger partial charge in [-0.25, -0.2) is 0 Å². The number of pyridine rings is 1. The van der Waals surface area contributed by atoms with Crippen LogP contribution >= 0.6 is 36.4 Å². The summed E-state index contributed by atoms with van der Waals surface area (Å²) in [5, 5.41) is 6.68. The number of nitrogens with zero attached hydrogens (tertiary/aromatic N) is 1. The summed E-state index contributed by atoms with van der Waals surface area (Å²) in [6.45, 7) is 2.42. The van der Waals surface area contributed by atoms with Gasteiger partial charge in [-0.1, -0.05) is 17.7 Å². The highest BCUT2D eigenvalue weighted by Crippen LogP contribution is 2.28. The number of anilines is 1. The van der Waals surface area contributed by atoms with E-state index < -0.39 is 0 Å². The number of halogens is 3. The number of hydrogen-bond donors (Lipinski definition) is 2. The van der Waals surface area contributed by atoms with Crippen molar-refractivity contribution in [2.75, 3.05) is 18.4 Å². The van der Waals surface area contributed by atoms with Crippen LogP contribution in [0.1, 0.15) is 25.0 Å². The molecule has 1 amide bonds. The summed E-state index contributed by atoms with van der Waals surface area (Å²) >= 11 is 6.25. The van der Waals surface area contributed by atoms with Crippen molar-refractivity contribution in [2.45, 2.75) is 25.9 Å². The van der Waals surface area contributed by atoms with Crippen molar-refractivity contribution in [1.29, 1.82) is 0 Å². The molecule has 1 aliphatic heterocycles. The molecular formula is C19H24Cl3N3O2. The summed E-state index contributed by atoms with van der Waals surface area (Å²) < 4.78 is 5.68. The minimum Gasteiger partial charge on any atom is -0.486 e. The molecule has 1 aromatic heterocycles. The fourth-order valence-corrected chi connectivity index (χ4v) is 3.09. The number of carbonyl (C=O) groups excluding carboxylic acids is 1. The maximum absolute atomic E-state index is 12.1. The van der Waals surface area contributed by atoms with E-state index >= 15 is 0 Å². The topological polar surface area (TPSA) is 63.2 Å². The number of carbonyl (C=O) groups is 1. The molecule has 0 aliphatic carbocycles. The van der Waals surface area contributed by atoms with Gasteiger partial charge in [-0.15, -0.1) is 24.8 Å². The molecule has 1 aromatic carbocycles. The van der Waals surface area contributed by atoms with Gasteiger partial charge in [-0.3, -0.25) is 9.78 Å². The van der Waals surface area contributed by atoms with Crippen LogP contribution in [0.4, 0.5) is 5.69 Å². The number of hydrogen-bond acceptors (Lipinski definition) is 4. The first-order valence-electron chi connectivity index (χ1n) is 8.53. The second kappa shape index (κ2) is 12.0. The fraction of sp³-hybridized carbons (Fsp3) is 0.368. The Kier molecular flexibility index (Phi) is 10.5. The number of nitrogens with one attached hydrogen (secondary N) is 2. The fourth-order valence-electron chi connectivity index (χ4n) is 2.85. The van der Waals surface area contributed by atoms with E-state index in [-0.39, 0.29) is 30.7 Å². The molecule has 2 aromatic rings. The Morgan fingerprint density at radius 3 is 2.81 bits per heavy atom. The lowest BCUT2D eigenvalue weighted by Gasteiger charge is -2.11. The van der Waals surface area contributed by atoms with E-state index in [1.54, 1.807) is 24.4 Å². The Morgan fingerprint density at radius 1 is 1.30 bits per heavy atom. The van der Waals surface area contributed by atoms with E-state index in [9.17, 15) is 4.79 Å². The smallest absolute Gasteiger partial charge is 0.224 e. The molecule has 0 bridgehead atoms. The van der Waals surface area contributed by atoms with Crippen LogP contribution in [0.3, 0.4) is 0 Å². The van der Waals surface area contributed by atoms with Gasteiger partial charge in [0, 0.05) is 18.3 Å². The molecule has 27 heavy (non-hydrogen) atoms. The number of benzene rings is 1. The van der Waals surface area contributed by atoms with Gasteiger partial charge in [0.1, 0.15) is 12.4 Å². The van der Waals surface area contributed by atoms with Crippen LogP contribution in [0.25, 0.3) is 0 Å². The van der Waals surface area contributed by atoms with Crippen molar-refractivity contribution < 1.29 is 9.53 Å². The minimum atomic E-state index is 0. The summed E-state index contributed by atoms with van der Waals surface area (Å²) in [6, 6.07) is 10.9. The van der Waals surface area contributed by atoms with Gasteiger partial charge in [0.25, 0.3) is 0 Å². The Hall–Kier alpha value is -1.53. The summed E-state index contributed by atoms with van der Waals surface area (Å²) in [5.74, 6) is 1.20. The molecule has 1 saturated heterocycles. The summed E-state index contributed by atoms with van der Waals surface area (Å²) in [6.07, 6.45) is 4.32. The van der Waals surface area contributed by atoms with Gasteiger partial charge < -0.3 is 15.4 Å². The van der Waals surface area contributed by atoms with E-state index in [2.05, 4.69) is 15.6 Å². The van der Waals surface area contributed by atoms with E-state index in [1.807, 2.05) is 18.2 Å². The van der Waals surface area contributed by atoms with Crippen molar-refractivity contribution in [2.24, 2.45) is 5.92 Å². The minimum absolute atomic E-state index is 0. The van der Waals surface area contributed by atoms with Crippen LogP contribution in [-0.4, -0.2) is 24.0 Å². The predicted octanol–water partition coefficient (Wildman–Crippen LogP) is 4.49. The number of amides is 1. The van der Waals surface area contributed by atoms with Crippen molar-refractivity contribution in [3.05, 3.63) is 53.3 Å². The third-order valence-corrected chi connectivity index (χ3v) is 4.55. The van der Waals surface area contributed by atoms with Gasteiger partial charge in [0.05, 0.1) is 10.7 Å². The van der Waals surface area contributed by atoms with Crippen molar-refractivity contribution in [3.63, 3.8) is 0 Å². The monoisotopic (exact) mass is 431 g/mol. The summed E-state index contributed by atoms with van der Waals surface area (Å²) in [7, 11) is 0. The normalized spacial score (nSPS) is 15.4. The van der Waals surface area contributed by atoms with Gasteiger partial charge in [0.15, 0.2) is 0 Å². The van der Waals surface area contributed by atoms with Gasteiger partial charge in [-0.2, -0.15) is 0 Å². The molecule has 3 rings (SSSR count). The maximum atomic E-state index is 12.1. The van der Waals surface area contributed by atoms with E-state index in [4.69, 9.17) is 16.3 Å². The van der Waals surface area contributed by atoms with Gasteiger partial charge >= 0.3 is 0 Å². The third-order valence-electron chi connectivity index (χ3n) is 4.26. The Morgan fingerprint density at radius 2 is 2.15 bits per heavy atom. The molecular weight excluding hydrogens is 409 g/mol. The van der Waals surface area contributed by atoms with E-state index in [0.29, 0.717) is 35.4 Å². The molecule has 5 nitrogen and oxygen atoms in total. The lowest BCUT2D eigenvalue weighted by Crippen LogP contribution is -2.15. The van der Waals surface area contributed by atoms with Crippen LogP contribution in [0.2, 0.25) is 5.02 Å². The zero-order valence-corrected chi connectivity index (χ0v) is 17.2. The largest absolute Gasteiger partial charge is 0.486 e. The molecule has 0 spiro atoms. The first kappa shape index (κ1) is 23.5. The molecule has 1 aliphatic rings. The molecule has 148 valence electrons. The molecule has 2 N–H and O–H groups in total. The van der Waals surface area contributed by atoms with Crippen LogP contribution in [0, 0.1) is 5.92 Å². The SMILES string of the molecule is Cl.Cl.O=C(CCC1CCNC1)Nc1ccc(OCc2ccccn2)c(Cl)c1. The number of aromatic nitrogens is 1. The molecule has 0 saturated carbocycles. The molecule has 0 radical (unpaired) electrons. The maximum Gasteiger partial charge on any atom is 0.224 e. The predicted molar refractivity (Wildman–Crippen MR) is 113 cm³/mol.